The minimum atomic E-state index is -1.19. The Kier molecular flexibility index (Phi) is 5.49. The molecule has 1 aliphatic rings. The molecule has 5 heteroatoms. The molecular formula is C10H20O5. The van der Waals surface area contributed by atoms with Crippen molar-refractivity contribution in [3.63, 3.8) is 0 Å². The van der Waals surface area contributed by atoms with Crippen LogP contribution in [-0.4, -0.2) is 53.1 Å². The van der Waals surface area contributed by atoms with Crippen LogP contribution in [0.15, 0.2) is 0 Å². The summed E-state index contributed by atoms with van der Waals surface area (Å²) in [6.45, 7) is 2.58. The minimum Gasteiger partial charge on any atom is -0.388 e. The molecule has 0 aromatic carbocycles. The highest BCUT2D eigenvalue weighted by molar-refractivity contribution is 4.82. The van der Waals surface area contributed by atoms with E-state index in [4.69, 9.17) is 9.47 Å². The lowest BCUT2D eigenvalue weighted by atomic mass is 10.1. The summed E-state index contributed by atoms with van der Waals surface area (Å²) in [5.41, 5.74) is 0. The Balaban J connectivity index is 2.23. The maximum atomic E-state index is 9.50. The first-order chi connectivity index (χ1) is 7.16. The summed E-state index contributed by atoms with van der Waals surface area (Å²) >= 11 is 0. The fourth-order valence-corrected chi connectivity index (χ4v) is 1.48. The monoisotopic (exact) mass is 220 g/mol. The quantitative estimate of drug-likeness (QED) is 0.551. The van der Waals surface area contributed by atoms with Crippen LogP contribution < -0.4 is 0 Å². The number of ether oxygens (including phenoxy) is 2. The van der Waals surface area contributed by atoms with Crippen LogP contribution in [-0.2, 0) is 9.47 Å². The summed E-state index contributed by atoms with van der Waals surface area (Å²) in [6, 6.07) is 0. The minimum absolute atomic E-state index is 0.00330. The van der Waals surface area contributed by atoms with Gasteiger partial charge >= 0.3 is 0 Å². The van der Waals surface area contributed by atoms with Gasteiger partial charge in [-0.2, -0.15) is 0 Å². The zero-order chi connectivity index (χ0) is 11.3. The van der Waals surface area contributed by atoms with Gasteiger partial charge in [0.15, 0.2) is 6.29 Å². The molecule has 90 valence electrons. The first-order valence-electron chi connectivity index (χ1n) is 5.44. The summed E-state index contributed by atoms with van der Waals surface area (Å²) < 4.78 is 10.3. The van der Waals surface area contributed by atoms with Gasteiger partial charge in [0, 0.05) is 6.61 Å². The van der Waals surface area contributed by atoms with Crippen molar-refractivity contribution >= 4 is 0 Å². The maximum absolute atomic E-state index is 9.50. The van der Waals surface area contributed by atoms with E-state index >= 15 is 0 Å². The van der Waals surface area contributed by atoms with Gasteiger partial charge in [-0.3, -0.25) is 0 Å². The van der Waals surface area contributed by atoms with E-state index in [1.807, 2.05) is 0 Å². The Labute approximate surface area is 89.6 Å². The van der Waals surface area contributed by atoms with Gasteiger partial charge in [-0.1, -0.05) is 19.8 Å². The standard InChI is InChI=1S/C10H20O5/c1-2-3-4-5-14-10-9(13)8(12)7(11)6-15-10/h7-13H,2-6H2,1H3/t7-,8+,9-,10-/m1/s1. The molecule has 0 aromatic rings. The Morgan fingerprint density at radius 3 is 2.60 bits per heavy atom. The molecule has 3 N–H and O–H groups in total. The van der Waals surface area contributed by atoms with Gasteiger partial charge in [0.05, 0.1) is 6.61 Å². The van der Waals surface area contributed by atoms with E-state index in [2.05, 4.69) is 6.92 Å². The van der Waals surface area contributed by atoms with E-state index in [9.17, 15) is 15.3 Å². The van der Waals surface area contributed by atoms with E-state index in [-0.39, 0.29) is 6.61 Å². The van der Waals surface area contributed by atoms with Crippen molar-refractivity contribution < 1.29 is 24.8 Å². The highest BCUT2D eigenvalue weighted by atomic mass is 16.7. The van der Waals surface area contributed by atoms with Crippen molar-refractivity contribution in [3.8, 4) is 0 Å². The molecule has 0 radical (unpaired) electrons. The molecule has 0 bridgehead atoms. The van der Waals surface area contributed by atoms with E-state index in [1.165, 1.54) is 0 Å². The molecule has 0 amide bonds. The summed E-state index contributed by atoms with van der Waals surface area (Å²) in [5.74, 6) is 0. The Morgan fingerprint density at radius 1 is 1.20 bits per heavy atom. The van der Waals surface area contributed by atoms with Gasteiger partial charge in [0.25, 0.3) is 0 Å². The molecule has 1 rings (SSSR count). The van der Waals surface area contributed by atoms with Crippen molar-refractivity contribution in [3.05, 3.63) is 0 Å². The maximum Gasteiger partial charge on any atom is 0.186 e. The molecule has 1 fully saturated rings. The van der Waals surface area contributed by atoms with Gasteiger partial charge in [0.2, 0.25) is 0 Å². The number of rotatable bonds is 5. The van der Waals surface area contributed by atoms with Crippen LogP contribution >= 0.6 is 0 Å². The largest absolute Gasteiger partial charge is 0.388 e. The normalized spacial score (nSPS) is 36.8. The fourth-order valence-electron chi connectivity index (χ4n) is 1.48. The highest BCUT2D eigenvalue weighted by Gasteiger charge is 2.37. The second-order valence-corrected chi connectivity index (χ2v) is 3.83. The molecule has 0 aromatic heterocycles. The Morgan fingerprint density at radius 2 is 1.93 bits per heavy atom. The molecule has 15 heavy (non-hydrogen) atoms. The Bertz CT molecular complexity index is 175. The number of hydrogen-bond acceptors (Lipinski definition) is 5. The lowest BCUT2D eigenvalue weighted by Crippen LogP contribution is -2.53. The molecular weight excluding hydrogens is 200 g/mol. The number of aliphatic hydroxyl groups is 3. The van der Waals surface area contributed by atoms with Crippen LogP contribution in [0, 0.1) is 0 Å². The lowest BCUT2D eigenvalue weighted by molar-refractivity contribution is -0.270. The second-order valence-electron chi connectivity index (χ2n) is 3.83. The predicted molar refractivity (Wildman–Crippen MR) is 53.2 cm³/mol. The molecule has 1 aliphatic heterocycles. The number of aliphatic hydroxyl groups excluding tert-OH is 3. The van der Waals surface area contributed by atoms with Crippen molar-refractivity contribution in [2.24, 2.45) is 0 Å². The molecule has 0 aliphatic carbocycles. The second kappa shape index (κ2) is 6.40. The van der Waals surface area contributed by atoms with Gasteiger partial charge in [0.1, 0.15) is 18.3 Å². The average molecular weight is 220 g/mol. The third-order valence-corrected chi connectivity index (χ3v) is 2.48. The first kappa shape index (κ1) is 12.9. The third kappa shape index (κ3) is 3.70. The molecule has 5 nitrogen and oxygen atoms in total. The van der Waals surface area contributed by atoms with Gasteiger partial charge in [-0.05, 0) is 6.42 Å². The third-order valence-electron chi connectivity index (χ3n) is 2.48. The molecule has 0 saturated carbocycles. The molecule has 0 unspecified atom stereocenters. The number of unbranched alkanes of at least 4 members (excludes halogenated alkanes) is 2. The predicted octanol–water partition coefficient (Wildman–Crippen LogP) is -0.368. The van der Waals surface area contributed by atoms with E-state index < -0.39 is 24.6 Å². The summed E-state index contributed by atoms with van der Waals surface area (Å²) in [6.07, 6.45) is -1.14. The van der Waals surface area contributed by atoms with Gasteiger partial charge < -0.3 is 24.8 Å². The van der Waals surface area contributed by atoms with E-state index in [0.29, 0.717) is 6.61 Å². The van der Waals surface area contributed by atoms with Crippen LogP contribution in [0.3, 0.4) is 0 Å². The first-order valence-corrected chi connectivity index (χ1v) is 5.44. The van der Waals surface area contributed by atoms with Crippen LogP contribution in [0.2, 0.25) is 0 Å². The smallest absolute Gasteiger partial charge is 0.186 e. The van der Waals surface area contributed by atoms with Crippen molar-refractivity contribution in [1.29, 1.82) is 0 Å². The SMILES string of the molecule is CCCCCO[C@@H]1OC[C@@H](O)[C@H](O)[C@H]1O. The zero-order valence-electron chi connectivity index (χ0n) is 9.00. The summed E-state index contributed by atoms with van der Waals surface area (Å²) in [4.78, 5) is 0. The lowest BCUT2D eigenvalue weighted by Gasteiger charge is -2.34. The average Bonchev–Trinajstić information content (AvgIpc) is 2.24. The highest BCUT2D eigenvalue weighted by Crippen LogP contribution is 2.16. The molecule has 1 heterocycles. The topological polar surface area (TPSA) is 79.2 Å². The van der Waals surface area contributed by atoms with Crippen LogP contribution in [0.4, 0.5) is 0 Å². The van der Waals surface area contributed by atoms with Crippen LogP contribution in [0.25, 0.3) is 0 Å². The summed E-state index contributed by atoms with van der Waals surface area (Å²) in [5, 5.41) is 28.0. The summed E-state index contributed by atoms with van der Waals surface area (Å²) in [7, 11) is 0. The van der Waals surface area contributed by atoms with Crippen LogP contribution in [0.1, 0.15) is 26.2 Å². The van der Waals surface area contributed by atoms with Crippen LogP contribution in [0.5, 0.6) is 0 Å². The molecule has 4 atom stereocenters. The molecule has 0 spiro atoms. The van der Waals surface area contributed by atoms with E-state index in [1.54, 1.807) is 0 Å². The Hall–Kier alpha value is -0.200. The molecule has 1 saturated heterocycles. The van der Waals surface area contributed by atoms with Gasteiger partial charge in [-0.15, -0.1) is 0 Å². The fraction of sp³-hybridized carbons (Fsp3) is 1.00. The van der Waals surface area contributed by atoms with Crippen molar-refractivity contribution in [2.75, 3.05) is 13.2 Å². The van der Waals surface area contributed by atoms with E-state index in [0.717, 1.165) is 19.3 Å². The van der Waals surface area contributed by atoms with Gasteiger partial charge in [-0.25, -0.2) is 0 Å². The van der Waals surface area contributed by atoms with Crippen molar-refractivity contribution in [1.82, 2.24) is 0 Å². The van der Waals surface area contributed by atoms with Crippen molar-refractivity contribution in [2.45, 2.75) is 50.8 Å². The number of hydrogen-bond donors (Lipinski definition) is 3. The zero-order valence-corrected chi connectivity index (χ0v) is 9.00.